The van der Waals surface area contributed by atoms with Crippen LogP contribution in [0.15, 0.2) is 18.2 Å². The summed E-state index contributed by atoms with van der Waals surface area (Å²) in [5.41, 5.74) is 6.29. The number of hydrogen-bond donors (Lipinski definition) is 1. The number of amides is 1. The molecule has 0 fully saturated rings. The van der Waals surface area contributed by atoms with Gasteiger partial charge in [-0.2, -0.15) is 5.10 Å². The first-order valence-electron chi connectivity index (χ1n) is 8.73. The number of benzene rings is 1. The van der Waals surface area contributed by atoms with E-state index in [9.17, 15) is 4.79 Å². The summed E-state index contributed by atoms with van der Waals surface area (Å²) in [6, 6.07) is 5.75. The maximum Gasteiger partial charge on any atom is 0.217 e. The van der Waals surface area contributed by atoms with E-state index in [1.807, 2.05) is 36.7 Å². The van der Waals surface area contributed by atoms with Gasteiger partial charge in [0, 0.05) is 37.6 Å². The van der Waals surface area contributed by atoms with Crippen LogP contribution in [0.5, 0.6) is 11.5 Å². The maximum absolute atomic E-state index is 11.1. The molecule has 1 heterocycles. The molecule has 0 atom stereocenters. The summed E-state index contributed by atoms with van der Waals surface area (Å²) in [7, 11) is 5.25. The number of ether oxygens (including phenoxy) is 2. The van der Waals surface area contributed by atoms with Gasteiger partial charge in [0.25, 0.3) is 0 Å². The minimum Gasteiger partial charge on any atom is -0.497 e. The molecule has 148 valence electrons. The van der Waals surface area contributed by atoms with E-state index in [1.54, 1.807) is 18.9 Å². The van der Waals surface area contributed by atoms with E-state index < -0.39 is 0 Å². The highest BCUT2D eigenvalue weighted by molar-refractivity contribution is 7.71. The normalized spacial score (nSPS) is 11.0. The molecule has 0 radical (unpaired) electrons. The third-order valence-corrected chi connectivity index (χ3v) is 4.65. The summed E-state index contributed by atoms with van der Waals surface area (Å²) in [5, 5.41) is 4.58. The van der Waals surface area contributed by atoms with Gasteiger partial charge in [-0.1, -0.05) is 6.07 Å². The number of carbonyl (C=O) groups is 1. The minimum absolute atomic E-state index is 0.255. The highest BCUT2D eigenvalue weighted by Crippen LogP contribution is 2.25. The number of aromatic nitrogens is 3. The standard InChI is InChI=1S/C18H27N5O3S/c1-5-22-17(9-8-16(19)24)20-23(18(22)27)12-21(2)11-13-6-7-14(25-3)10-15(13)26-4/h6-7,10H,5,8-9,11-12H2,1-4H3,(H2,19,24). The van der Waals surface area contributed by atoms with Crippen molar-refractivity contribution in [1.29, 1.82) is 0 Å². The summed E-state index contributed by atoms with van der Waals surface area (Å²) in [4.78, 5) is 13.2. The molecule has 0 saturated carbocycles. The van der Waals surface area contributed by atoms with Gasteiger partial charge in [-0.15, -0.1) is 0 Å². The van der Waals surface area contributed by atoms with Gasteiger partial charge in [0.15, 0.2) is 4.77 Å². The molecule has 0 aliphatic heterocycles. The van der Waals surface area contributed by atoms with Crippen molar-refractivity contribution in [3.05, 3.63) is 34.4 Å². The summed E-state index contributed by atoms with van der Waals surface area (Å²) >= 11 is 5.54. The van der Waals surface area contributed by atoms with Crippen molar-refractivity contribution < 1.29 is 14.3 Å². The number of hydrogen-bond acceptors (Lipinski definition) is 6. The molecule has 2 N–H and O–H groups in total. The number of carbonyl (C=O) groups excluding carboxylic acids is 1. The van der Waals surface area contributed by atoms with Gasteiger partial charge in [0.05, 0.1) is 20.9 Å². The lowest BCUT2D eigenvalue weighted by atomic mass is 10.2. The Kier molecular flexibility index (Phi) is 7.37. The number of primary amides is 1. The van der Waals surface area contributed by atoms with Crippen molar-refractivity contribution in [2.45, 2.75) is 39.5 Å². The molecule has 0 unspecified atom stereocenters. The molecule has 27 heavy (non-hydrogen) atoms. The van der Waals surface area contributed by atoms with Crippen molar-refractivity contribution >= 4 is 18.1 Å². The molecular formula is C18H27N5O3S. The van der Waals surface area contributed by atoms with Crippen molar-refractivity contribution in [2.24, 2.45) is 5.73 Å². The molecule has 0 aliphatic carbocycles. The van der Waals surface area contributed by atoms with Gasteiger partial charge >= 0.3 is 0 Å². The average molecular weight is 394 g/mol. The summed E-state index contributed by atoms with van der Waals surface area (Å²) < 4.78 is 15.0. The van der Waals surface area contributed by atoms with Gasteiger partial charge in [0.1, 0.15) is 17.3 Å². The molecule has 8 nitrogen and oxygen atoms in total. The van der Waals surface area contributed by atoms with Gasteiger partial charge in [0.2, 0.25) is 5.91 Å². The Balaban J connectivity index is 2.15. The number of rotatable bonds is 10. The van der Waals surface area contributed by atoms with Crippen molar-refractivity contribution in [3.63, 3.8) is 0 Å². The fourth-order valence-electron chi connectivity index (χ4n) is 2.87. The molecule has 0 bridgehead atoms. The van der Waals surface area contributed by atoms with Crippen molar-refractivity contribution in [2.75, 3.05) is 21.3 Å². The Hall–Kier alpha value is -2.39. The second-order valence-electron chi connectivity index (χ2n) is 6.24. The molecule has 0 saturated heterocycles. The summed E-state index contributed by atoms with van der Waals surface area (Å²) in [6.45, 7) is 3.87. The predicted molar refractivity (Wildman–Crippen MR) is 105 cm³/mol. The summed E-state index contributed by atoms with van der Waals surface area (Å²) in [5.74, 6) is 1.95. The van der Waals surface area contributed by atoms with E-state index in [-0.39, 0.29) is 12.3 Å². The number of nitrogens with two attached hydrogens (primary N) is 1. The van der Waals surface area contributed by atoms with E-state index in [0.29, 0.717) is 31.0 Å². The molecule has 1 amide bonds. The molecular weight excluding hydrogens is 366 g/mol. The second kappa shape index (κ2) is 9.52. The van der Waals surface area contributed by atoms with Crippen LogP contribution in [0.3, 0.4) is 0 Å². The fraction of sp³-hybridized carbons (Fsp3) is 0.500. The van der Waals surface area contributed by atoms with Crippen LogP contribution in [-0.4, -0.2) is 46.4 Å². The van der Waals surface area contributed by atoms with Gasteiger partial charge in [-0.25, -0.2) is 4.68 Å². The first kappa shape index (κ1) is 20.9. The fourth-order valence-corrected chi connectivity index (χ4v) is 3.20. The van der Waals surface area contributed by atoms with Gasteiger partial charge in [-0.3, -0.25) is 9.69 Å². The Morgan fingerprint density at radius 3 is 2.67 bits per heavy atom. The Bertz CT molecular complexity index is 846. The van der Waals surface area contributed by atoms with E-state index in [2.05, 4.69) is 10.00 Å². The Morgan fingerprint density at radius 2 is 2.07 bits per heavy atom. The molecule has 2 aromatic rings. The van der Waals surface area contributed by atoms with Crippen LogP contribution < -0.4 is 15.2 Å². The monoisotopic (exact) mass is 393 g/mol. The SMILES string of the molecule is CCn1c(CCC(N)=O)nn(CN(C)Cc2ccc(OC)cc2OC)c1=S. The van der Waals surface area contributed by atoms with E-state index in [1.165, 1.54) is 0 Å². The molecule has 1 aromatic carbocycles. The van der Waals surface area contributed by atoms with E-state index >= 15 is 0 Å². The van der Waals surface area contributed by atoms with E-state index in [0.717, 1.165) is 22.9 Å². The van der Waals surface area contributed by atoms with Crippen LogP contribution in [0.1, 0.15) is 24.7 Å². The molecule has 0 spiro atoms. The molecule has 0 aliphatic rings. The lowest BCUT2D eigenvalue weighted by Gasteiger charge is -2.18. The van der Waals surface area contributed by atoms with Crippen LogP contribution in [-0.2, 0) is 31.0 Å². The Labute approximate surface area is 164 Å². The molecule has 2 rings (SSSR count). The first-order chi connectivity index (χ1) is 12.9. The molecule has 1 aromatic heterocycles. The zero-order chi connectivity index (χ0) is 20.0. The third kappa shape index (κ3) is 5.30. The zero-order valence-corrected chi connectivity index (χ0v) is 17.1. The average Bonchev–Trinajstić information content (AvgIpc) is 2.94. The van der Waals surface area contributed by atoms with Gasteiger partial charge in [-0.05, 0) is 32.3 Å². The minimum atomic E-state index is -0.346. The van der Waals surface area contributed by atoms with Gasteiger partial charge < -0.3 is 19.8 Å². The molecule has 9 heteroatoms. The lowest BCUT2D eigenvalue weighted by Crippen LogP contribution is -2.23. The van der Waals surface area contributed by atoms with Crippen LogP contribution >= 0.6 is 12.2 Å². The van der Waals surface area contributed by atoms with Crippen molar-refractivity contribution in [1.82, 2.24) is 19.2 Å². The highest BCUT2D eigenvalue weighted by Gasteiger charge is 2.13. The zero-order valence-electron chi connectivity index (χ0n) is 16.3. The first-order valence-corrected chi connectivity index (χ1v) is 9.14. The topological polar surface area (TPSA) is 87.5 Å². The quantitative estimate of drug-likeness (QED) is 0.621. The van der Waals surface area contributed by atoms with Crippen LogP contribution in [0.2, 0.25) is 0 Å². The van der Waals surface area contributed by atoms with Crippen LogP contribution in [0.4, 0.5) is 0 Å². The largest absolute Gasteiger partial charge is 0.497 e. The van der Waals surface area contributed by atoms with E-state index in [4.69, 9.17) is 27.4 Å². The van der Waals surface area contributed by atoms with Crippen molar-refractivity contribution in [3.8, 4) is 11.5 Å². The lowest BCUT2D eigenvalue weighted by molar-refractivity contribution is -0.118. The number of methoxy groups -OCH3 is 2. The maximum atomic E-state index is 11.1. The smallest absolute Gasteiger partial charge is 0.217 e. The highest BCUT2D eigenvalue weighted by atomic mass is 32.1. The second-order valence-corrected chi connectivity index (χ2v) is 6.61. The summed E-state index contributed by atoms with van der Waals surface area (Å²) in [6.07, 6.45) is 0.737. The number of aryl methyl sites for hydroxylation is 1. The predicted octanol–water partition coefficient (Wildman–Crippen LogP) is 1.96. The Morgan fingerprint density at radius 1 is 1.33 bits per heavy atom. The number of nitrogens with zero attached hydrogens (tertiary/aromatic N) is 4. The van der Waals surface area contributed by atoms with Crippen LogP contribution in [0, 0.1) is 4.77 Å². The van der Waals surface area contributed by atoms with Crippen LogP contribution in [0.25, 0.3) is 0 Å². The third-order valence-electron chi connectivity index (χ3n) is 4.22.